The molecule has 1 heteroatoms. The monoisotopic (exact) mass is 300 g/mol. The molecule has 0 spiro atoms. The van der Waals surface area contributed by atoms with Crippen molar-refractivity contribution in [3.8, 4) is 11.1 Å². The second-order valence-corrected chi connectivity index (χ2v) is 6.36. The Morgan fingerprint density at radius 3 is 2.09 bits per heavy atom. The second-order valence-electron chi connectivity index (χ2n) is 5.92. The highest BCUT2D eigenvalue weighted by molar-refractivity contribution is 6.31. The Kier molecular flexibility index (Phi) is 2.42. The van der Waals surface area contributed by atoms with Gasteiger partial charge in [-0.1, -0.05) is 66.2 Å². The quantitative estimate of drug-likeness (QED) is 0.298. The second kappa shape index (κ2) is 4.34. The third-order valence-electron chi connectivity index (χ3n) is 4.75. The van der Waals surface area contributed by atoms with Crippen LogP contribution in [-0.2, 0) is 6.42 Å². The average molecular weight is 301 g/mol. The summed E-state index contributed by atoms with van der Waals surface area (Å²) in [5.74, 6) is 0. The predicted molar refractivity (Wildman–Crippen MR) is 94.7 cm³/mol. The first-order chi connectivity index (χ1) is 10.8. The minimum absolute atomic E-state index is 0.809. The molecule has 0 bridgehead atoms. The topological polar surface area (TPSA) is 0 Å². The van der Waals surface area contributed by atoms with Gasteiger partial charge in [-0.05, 0) is 62.4 Å². The zero-order valence-electron chi connectivity index (χ0n) is 11.9. The predicted octanol–water partition coefficient (Wildman–Crippen LogP) is 6.22. The van der Waals surface area contributed by atoms with Gasteiger partial charge >= 0.3 is 0 Å². The third kappa shape index (κ3) is 1.53. The van der Waals surface area contributed by atoms with Crippen molar-refractivity contribution in [2.45, 2.75) is 6.42 Å². The molecule has 0 saturated carbocycles. The molecule has 4 aromatic rings. The van der Waals surface area contributed by atoms with Gasteiger partial charge in [0.2, 0.25) is 0 Å². The maximum atomic E-state index is 6.26. The molecule has 0 atom stereocenters. The Bertz CT molecular complexity index is 1060. The molecular weight excluding hydrogens is 288 g/mol. The number of hydrogen-bond acceptors (Lipinski definition) is 0. The fourth-order valence-corrected chi connectivity index (χ4v) is 4.00. The van der Waals surface area contributed by atoms with Crippen molar-refractivity contribution in [1.29, 1.82) is 0 Å². The van der Waals surface area contributed by atoms with Crippen molar-refractivity contribution in [3.05, 3.63) is 82.9 Å². The van der Waals surface area contributed by atoms with Crippen LogP contribution in [0, 0.1) is 0 Å². The highest BCUT2D eigenvalue weighted by atomic mass is 35.5. The molecular formula is C21H13Cl. The lowest BCUT2D eigenvalue weighted by molar-refractivity contribution is 1.29. The molecule has 22 heavy (non-hydrogen) atoms. The Balaban J connectivity index is 2.05. The molecule has 0 heterocycles. The fraction of sp³-hybridized carbons (Fsp3) is 0.0476. The summed E-state index contributed by atoms with van der Waals surface area (Å²) in [7, 11) is 0. The lowest BCUT2D eigenvalue weighted by atomic mass is 9.92. The lowest BCUT2D eigenvalue weighted by Gasteiger charge is -2.12. The molecule has 0 unspecified atom stereocenters. The van der Waals surface area contributed by atoms with Crippen molar-refractivity contribution in [2.75, 3.05) is 0 Å². The zero-order valence-corrected chi connectivity index (χ0v) is 12.7. The molecule has 0 radical (unpaired) electrons. The van der Waals surface area contributed by atoms with Crippen LogP contribution in [0.2, 0.25) is 5.02 Å². The molecule has 0 aromatic heterocycles. The maximum Gasteiger partial charge on any atom is 0.0412 e. The maximum absolute atomic E-state index is 6.26. The van der Waals surface area contributed by atoms with Crippen LogP contribution in [0.1, 0.15) is 11.1 Å². The van der Waals surface area contributed by atoms with Crippen molar-refractivity contribution >= 4 is 33.1 Å². The van der Waals surface area contributed by atoms with Gasteiger partial charge in [-0.3, -0.25) is 0 Å². The standard InChI is InChI=1S/C21H13Cl/c22-14-10-9-13-11-20-17-7-2-1-5-15(17)16-6-3-4-8-18(16)21(20)19(13)12-14/h1-10,12H,11H2. The van der Waals surface area contributed by atoms with Gasteiger partial charge in [0.1, 0.15) is 0 Å². The average Bonchev–Trinajstić information content (AvgIpc) is 2.94. The number of fused-ring (bicyclic) bond motifs is 8. The summed E-state index contributed by atoms with van der Waals surface area (Å²) in [6.07, 6.45) is 0.993. The lowest BCUT2D eigenvalue weighted by Crippen LogP contribution is -1.87. The van der Waals surface area contributed by atoms with Gasteiger partial charge in [-0.25, -0.2) is 0 Å². The summed E-state index contributed by atoms with van der Waals surface area (Å²) in [4.78, 5) is 0. The summed E-state index contributed by atoms with van der Waals surface area (Å²) in [5, 5.41) is 6.17. The molecule has 1 aliphatic carbocycles. The van der Waals surface area contributed by atoms with E-state index in [1.165, 1.54) is 43.8 Å². The Labute approximate surface area is 134 Å². The number of hydrogen-bond donors (Lipinski definition) is 0. The fourth-order valence-electron chi connectivity index (χ4n) is 3.83. The Hall–Kier alpha value is -2.31. The van der Waals surface area contributed by atoms with Crippen LogP contribution in [0.15, 0.2) is 66.7 Å². The van der Waals surface area contributed by atoms with E-state index >= 15 is 0 Å². The molecule has 4 aromatic carbocycles. The number of benzene rings is 4. The first-order valence-electron chi connectivity index (χ1n) is 7.54. The van der Waals surface area contributed by atoms with Crippen LogP contribution in [0.5, 0.6) is 0 Å². The van der Waals surface area contributed by atoms with E-state index in [9.17, 15) is 0 Å². The highest BCUT2D eigenvalue weighted by Gasteiger charge is 2.23. The minimum atomic E-state index is 0.809. The van der Waals surface area contributed by atoms with Gasteiger partial charge in [0.05, 0.1) is 0 Å². The molecule has 5 rings (SSSR count). The van der Waals surface area contributed by atoms with E-state index < -0.39 is 0 Å². The molecule has 1 aliphatic rings. The van der Waals surface area contributed by atoms with E-state index in [1.54, 1.807) is 0 Å². The molecule has 0 saturated heterocycles. The van der Waals surface area contributed by atoms with E-state index in [0.717, 1.165) is 11.4 Å². The third-order valence-corrected chi connectivity index (χ3v) is 4.98. The molecule has 0 amide bonds. The largest absolute Gasteiger partial charge is 0.0843 e. The van der Waals surface area contributed by atoms with E-state index in [4.69, 9.17) is 11.6 Å². The number of rotatable bonds is 0. The van der Waals surface area contributed by atoms with E-state index in [-0.39, 0.29) is 0 Å². The van der Waals surface area contributed by atoms with Crippen LogP contribution in [-0.4, -0.2) is 0 Å². The van der Waals surface area contributed by atoms with E-state index in [2.05, 4.69) is 60.7 Å². The van der Waals surface area contributed by atoms with Gasteiger partial charge in [-0.2, -0.15) is 0 Å². The smallest absolute Gasteiger partial charge is 0.0412 e. The van der Waals surface area contributed by atoms with Crippen molar-refractivity contribution < 1.29 is 0 Å². The molecule has 0 nitrogen and oxygen atoms in total. The van der Waals surface area contributed by atoms with Crippen LogP contribution in [0.25, 0.3) is 32.7 Å². The van der Waals surface area contributed by atoms with E-state index in [0.29, 0.717) is 0 Å². The summed E-state index contributed by atoms with van der Waals surface area (Å²) < 4.78 is 0. The zero-order chi connectivity index (χ0) is 14.7. The summed E-state index contributed by atoms with van der Waals surface area (Å²) >= 11 is 6.26. The minimum Gasteiger partial charge on any atom is -0.0843 e. The summed E-state index contributed by atoms with van der Waals surface area (Å²) in [5.41, 5.74) is 5.48. The van der Waals surface area contributed by atoms with Gasteiger partial charge in [0.15, 0.2) is 0 Å². The van der Waals surface area contributed by atoms with Gasteiger partial charge in [0.25, 0.3) is 0 Å². The van der Waals surface area contributed by atoms with Crippen LogP contribution in [0.4, 0.5) is 0 Å². The van der Waals surface area contributed by atoms with Gasteiger partial charge < -0.3 is 0 Å². The number of halogens is 1. The van der Waals surface area contributed by atoms with Crippen LogP contribution >= 0.6 is 11.6 Å². The summed E-state index contributed by atoms with van der Waals surface area (Å²) in [6, 6.07) is 23.7. The Morgan fingerprint density at radius 2 is 1.32 bits per heavy atom. The Morgan fingerprint density at radius 1 is 0.682 bits per heavy atom. The van der Waals surface area contributed by atoms with Gasteiger partial charge in [-0.15, -0.1) is 0 Å². The molecule has 0 N–H and O–H groups in total. The van der Waals surface area contributed by atoms with Crippen LogP contribution < -0.4 is 0 Å². The van der Waals surface area contributed by atoms with Crippen LogP contribution in [0.3, 0.4) is 0 Å². The highest BCUT2D eigenvalue weighted by Crippen LogP contribution is 2.46. The molecule has 104 valence electrons. The van der Waals surface area contributed by atoms with Crippen molar-refractivity contribution in [3.63, 3.8) is 0 Å². The molecule has 0 aliphatic heterocycles. The van der Waals surface area contributed by atoms with Crippen molar-refractivity contribution in [2.24, 2.45) is 0 Å². The first-order valence-corrected chi connectivity index (χ1v) is 7.92. The van der Waals surface area contributed by atoms with E-state index in [1.807, 2.05) is 6.07 Å². The normalized spacial score (nSPS) is 12.6. The first kappa shape index (κ1) is 12.3. The summed E-state index contributed by atoms with van der Waals surface area (Å²) in [6.45, 7) is 0. The molecule has 0 fully saturated rings. The van der Waals surface area contributed by atoms with Crippen molar-refractivity contribution in [1.82, 2.24) is 0 Å². The van der Waals surface area contributed by atoms with Gasteiger partial charge in [0, 0.05) is 5.02 Å². The SMILES string of the molecule is Clc1ccc2c(c1)-c1c(c3ccccc3c3ccccc13)C2.